The Kier molecular flexibility index (Phi) is 4.50. The number of aliphatic hydroxyl groups is 1. The first-order valence-corrected chi connectivity index (χ1v) is 6.79. The minimum Gasteiger partial charge on any atom is -0.463 e. The molecule has 0 aliphatic carbocycles. The van der Waals surface area contributed by atoms with Crippen LogP contribution in [0.2, 0.25) is 0 Å². The van der Waals surface area contributed by atoms with Gasteiger partial charge >= 0.3 is 12.0 Å². The second kappa shape index (κ2) is 6.03. The van der Waals surface area contributed by atoms with Gasteiger partial charge < -0.3 is 19.9 Å². The van der Waals surface area contributed by atoms with E-state index in [0.717, 1.165) is 0 Å². The number of ketones is 1. The minimum atomic E-state index is -1.54. The number of hydrogen-bond donors (Lipinski definition) is 3. The molecule has 1 saturated heterocycles. The molecule has 22 heavy (non-hydrogen) atoms. The van der Waals surface area contributed by atoms with Crippen LogP contribution < -0.4 is 11.1 Å². The highest BCUT2D eigenvalue weighted by atomic mass is 16.6. The van der Waals surface area contributed by atoms with E-state index in [1.807, 2.05) is 0 Å². The molecule has 0 aromatic carbocycles. The average molecular weight is 313 g/mol. The first-order valence-electron chi connectivity index (χ1n) is 6.79. The monoisotopic (exact) mass is 313 g/mol. The van der Waals surface area contributed by atoms with Crippen LogP contribution in [0.1, 0.15) is 20.3 Å². The summed E-state index contributed by atoms with van der Waals surface area (Å²) in [7, 11) is 0. The Morgan fingerprint density at radius 2 is 2.27 bits per heavy atom. The van der Waals surface area contributed by atoms with Crippen molar-refractivity contribution in [2.75, 3.05) is 6.61 Å². The highest BCUT2D eigenvalue weighted by Gasteiger charge is 2.43. The van der Waals surface area contributed by atoms with Crippen molar-refractivity contribution >= 4 is 17.8 Å². The number of carbonyl (C=O) groups is 3. The molecule has 0 aromatic rings. The van der Waals surface area contributed by atoms with Crippen molar-refractivity contribution in [3.05, 3.63) is 12.3 Å². The average Bonchev–Trinajstić information content (AvgIpc) is 2.77. The Hall–Kier alpha value is -1.97. The summed E-state index contributed by atoms with van der Waals surface area (Å²) in [6.07, 6.45) is 0.540. The number of esters is 1. The van der Waals surface area contributed by atoms with Crippen LogP contribution in [-0.4, -0.2) is 58.5 Å². The summed E-state index contributed by atoms with van der Waals surface area (Å²) in [5.41, 5.74) is 4.21. The van der Waals surface area contributed by atoms with E-state index in [-0.39, 0.29) is 13.0 Å². The fourth-order valence-corrected chi connectivity index (χ4v) is 2.22. The van der Waals surface area contributed by atoms with Crippen molar-refractivity contribution in [1.29, 1.82) is 0 Å². The van der Waals surface area contributed by atoms with Gasteiger partial charge in [0.25, 0.3) is 0 Å². The second-order valence-electron chi connectivity index (χ2n) is 5.31. The number of nitrogens with zero attached hydrogens (tertiary/aromatic N) is 1. The lowest BCUT2D eigenvalue weighted by molar-refractivity contribution is -0.147. The number of amides is 2. The molecule has 0 radical (unpaired) electrons. The fraction of sp³-hybridized carbons (Fsp3) is 0.615. The van der Waals surface area contributed by atoms with E-state index in [0.29, 0.717) is 0 Å². The van der Waals surface area contributed by atoms with E-state index < -0.39 is 41.9 Å². The lowest BCUT2D eigenvalue weighted by atomic mass is 10.1. The van der Waals surface area contributed by atoms with Gasteiger partial charge in [0.05, 0.1) is 6.10 Å². The molecule has 122 valence electrons. The number of Topliss-reactive ketones (excluding diaryl/α,β-unsaturated/α-hetero) is 1. The molecule has 2 aliphatic rings. The van der Waals surface area contributed by atoms with Crippen LogP contribution >= 0.6 is 0 Å². The summed E-state index contributed by atoms with van der Waals surface area (Å²) in [4.78, 5) is 35.5. The molecule has 9 nitrogen and oxygen atoms in total. The van der Waals surface area contributed by atoms with Gasteiger partial charge in [-0.2, -0.15) is 0 Å². The largest absolute Gasteiger partial charge is 0.463 e. The molecule has 2 aliphatic heterocycles. The van der Waals surface area contributed by atoms with Gasteiger partial charge in [0.2, 0.25) is 0 Å². The van der Waals surface area contributed by atoms with Crippen LogP contribution in [0.25, 0.3) is 0 Å². The van der Waals surface area contributed by atoms with Crippen LogP contribution in [0.3, 0.4) is 0 Å². The highest BCUT2D eigenvalue weighted by molar-refractivity contribution is 5.93. The van der Waals surface area contributed by atoms with Crippen LogP contribution in [0.5, 0.6) is 0 Å². The van der Waals surface area contributed by atoms with E-state index in [2.05, 4.69) is 5.32 Å². The second-order valence-corrected chi connectivity index (χ2v) is 5.31. The summed E-state index contributed by atoms with van der Waals surface area (Å²) in [5, 5.41) is 12.3. The summed E-state index contributed by atoms with van der Waals surface area (Å²) in [5.74, 6) is -0.888. The Morgan fingerprint density at radius 1 is 1.59 bits per heavy atom. The van der Waals surface area contributed by atoms with Crippen molar-refractivity contribution < 1.29 is 29.0 Å². The Morgan fingerprint density at radius 3 is 2.82 bits per heavy atom. The van der Waals surface area contributed by atoms with E-state index >= 15 is 0 Å². The summed E-state index contributed by atoms with van der Waals surface area (Å²) in [6, 6.07) is -0.606. The standard InChI is InChI=1S/C13H19N3O6/c1-7(17)13(14)3-4-16(12(20)15-13)11-5-9(19)10(22-11)6-21-8(2)18/h3-4,9-11,19H,5-6,14H2,1-2H3,(H,15,20)/t9-,10+,11+,13?/m0/s1. The number of nitrogens with one attached hydrogen (secondary N) is 1. The third-order valence-electron chi connectivity index (χ3n) is 3.59. The Bertz CT molecular complexity index is 522. The lowest BCUT2D eigenvalue weighted by Gasteiger charge is -2.35. The first-order chi connectivity index (χ1) is 10.2. The molecule has 9 heteroatoms. The lowest BCUT2D eigenvalue weighted by Crippen LogP contribution is -2.65. The molecule has 4 atom stereocenters. The molecular weight excluding hydrogens is 294 g/mol. The van der Waals surface area contributed by atoms with Gasteiger partial charge in [0.15, 0.2) is 11.4 Å². The van der Waals surface area contributed by atoms with Crippen molar-refractivity contribution in [2.45, 2.75) is 44.4 Å². The zero-order chi connectivity index (χ0) is 16.5. The quantitative estimate of drug-likeness (QED) is 0.556. The number of rotatable bonds is 4. The van der Waals surface area contributed by atoms with Gasteiger partial charge in [-0.05, 0) is 13.0 Å². The molecule has 2 rings (SSSR count). The highest BCUT2D eigenvalue weighted by Crippen LogP contribution is 2.26. The van der Waals surface area contributed by atoms with Crippen molar-refractivity contribution in [2.24, 2.45) is 5.73 Å². The maximum absolute atomic E-state index is 12.1. The van der Waals surface area contributed by atoms with Crippen LogP contribution in [0, 0.1) is 0 Å². The molecule has 1 unspecified atom stereocenters. The van der Waals surface area contributed by atoms with Crippen molar-refractivity contribution in [3.8, 4) is 0 Å². The van der Waals surface area contributed by atoms with Gasteiger partial charge in [0, 0.05) is 19.5 Å². The molecule has 0 bridgehead atoms. The van der Waals surface area contributed by atoms with E-state index in [1.54, 1.807) is 0 Å². The number of hydrogen-bond acceptors (Lipinski definition) is 7. The number of urea groups is 1. The molecular formula is C13H19N3O6. The van der Waals surface area contributed by atoms with Crippen molar-refractivity contribution in [3.63, 3.8) is 0 Å². The van der Waals surface area contributed by atoms with E-state index in [4.69, 9.17) is 15.2 Å². The summed E-state index contributed by atoms with van der Waals surface area (Å²) >= 11 is 0. The zero-order valence-corrected chi connectivity index (χ0v) is 12.3. The zero-order valence-electron chi connectivity index (χ0n) is 12.3. The number of nitrogens with two attached hydrogens (primary N) is 1. The summed E-state index contributed by atoms with van der Waals surface area (Å²) in [6.45, 7) is 2.42. The van der Waals surface area contributed by atoms with E-state index in [1.165, 1.54) is 31.0 Å². The maximum atomic E-state index is 12.1. The van der Waals surface area contributed by atoms with Gasteiger partial charge in [-0.3, -0.25) is 20.2 Å². The molecule has 4 N–H and O–H groups in total. The van der Waals surface area contributed by atoms with Gasteiger partial charge in [-0.15, -0.1) is 0 Å². The van der Waals surface area contributed by atoms with Gasteiger partial charge in [-0.1, -0.05) is 0 Å². The maximum Gasteiger partial charge on any atom is 0.325 e. The molecule has 2 heterocycles. The molecule has 2 amide bonds. The Balaban J connectivity index is 2.03. The molecule has 0 spiro atoms. The number of ether oxygens (including phenoxy) is 2. The predicted molar refractivity (Wildman–Crippen MR) is 73.0 cm³/mol. The van der Waals surface area contributed by atoms with Gasteiger partial charge in [0.1, 0.15) is 18.9 Å². The third-order valence-corrected chi connectivity index (χ3v) is 3.59. The summed E-state index contributed by atoms with van der Waals surface area (Å²) < 4.78 is 10.3. The SMILES string of the molecule is CC(=O)OC[C@H]1O[C@@H](N2C=CC(N)(C(C)=O)NC2=O)C[C@@H]1O. The smallest absolute Gasteiger partial charge is 0.325 e. The first kappa shape index (κ1) is 16.4. The van der Waals surface area contributed by atoms with Gasteiger partial charge in [-0.25, -0.2) is 4.79 Å². The van der Waals surface area contributed by atoms with Crippen LogP contribution in [0.15, 0.2) is 12.3 Å². The predicted octanol–water partition coefficient (Wildman–Crippen LogP) is -1.19. The minimum absolute atomic E-state index is 0.0968. The normalized spacial score (nSPS) is 34.5. The third kappa shape index (κ3) is 3.26. The van der Waals surface area contributed by atoms with Crippen LogP contribution in [0.4, 0.5) is 4.79 Å². The topological polar surface area (TPSA) is 131 Å². The molecule has 0 saturated carbocycles. The Labute approximate surface area is 127 Å². The van der Waals surface area contributed by atoms with Crippen LogP contribution in [-0.2, 0) is 19.1 Å². The fourth-order valence-electron chi connectivity index (χ4n) is 2.22. The molecule has 0 aromatic heterocycles. The number of carbonyl (C=O) groups excluding carboxylic acids is 3. The number of aliphatic hydroxyl groups excluding tert-OH is 1. The van der Waals surface area contributed by atoms with Crippen molar-refractivity contribution in [1.82, 2.24) is 10.2 Å². The molecule has 1 fully saturated rings. The van der Waals surface area contributed by atoms with E-state index in [9.17, 15) is 19.5 Å².